The third-order valence-corrected chi connectivity index (χ3v) is 3.62. The van der Waals surface area contributed by atoms with Crippen LogP contribution >= 0.6 is 11.6 Å². The smallest absolute Gasteiger partial charge is 0.160 e. The lowest BCUT2D eigenvalue weighted by molar-refractivity contribution is 0.112. The molecule has 2 aromatic rings. The molecule has 0 saturated heterocycles. The van der Waals surface area contributed by atoms with Crippen molar-refractivity contribution >= 4 is 17.2 Å². The Labute approximate surface area is 97.9 Å². The average molecular weight is 238 g/mol. The summed E-state index contributed by atoms with van der Waals surface area (Å²) >= 11 is 5.89. The molecule has 16 heavy (non-hydrogen) atoms. The van der Waals surface area contributed by atoms with E-state index in [-0.39, 0.29) is 12.0 Å². The molecule has 0 atom stereocenters. The molecule has 0 aromatic carbocycles. The van der Waals surface area contributed by atoms with Gasteiger partial charge < -0.3 is 5.11 Å². The molecule has 0 aliphatic heterocycles. The predicted octanol–water partition coefficient (Wildman–Crippen LogP) is 1.80. The Morgan fingerprint density at radius 1 is 1.50 bits per heavy atom. The highest BCUT2D eigenvalue weighted by Gasteiger charge is 2.41. The predicted molar refractivity (Wildman–Crippen MR) is 60.6 cm³/mol. The van der Waals surface area contributed by atoms with Crippen molar-refractivity contribution in [3.05, 3.63) is 29.2 Å². The summed E-state index contributed by atoms with van der Waals surface area (Å²) in [5, 5.41) is 14.5. The van der Waals surface area contributed by atoms with Crippen LogP contribution in [0.25, 0.3) is 5.65 Å². The molecule has 0 amide bonds. The Kier molecular flexibility index (Phi) is 2.16. The average Bonchev–Trinajstić information content (AvgIpc) is 2.60. The normalized spacial score (nSPS) is 18.6. The molecule has 1 saturated carbocycles. The van der Waals surface area contributed by atoms with Gasteiger partial charge in [-0.15, -0.1) is 0 Å². The molecule has 1 N–H and O–H groups in total. The van der Waals surface area contributed by atoms with E-state index in [0.717, 1.165) is 30.7 Å². The van der Waals surface area contributed by atoms with Crippen LogP contribution in [0.15, 0.2) is 18.3 Å². The van der Waals surface area contributed by atoms with Gasteiger partial charge in [0.1, 0.15) is 0 Å². The van der Waals surface area contributed by atoms with Crippen LogP contribution in [-0.2, 0) is 5.41 Å². The van der Waals surface area contributed by atoms with E-state index < -0.39 is 0 Å². The van der Waals surface area contributed by atoms with Gasteiger partial charge in [0.15, 0.2) is 11.5 Å². The van der Waals surface area contributed by atoms with Gasteiger partial charge in [-0.1, -0.05) is 18.0 Å². The molecule has 4 nitrogen and oxygen atoms in total. The minimum Gasteiger partial charge on any atom is -0.395 e. The number of pyridine rings is 1. The Bertz CT molecular complexity index is 527. The summed E-state index contributed by atoms with van der Waals surface area (Å²) < 4.78 is 1.71. The first-order chi connectivity index (χ1) is 7.73. The molecule has 5 heteroatoms. The molecule has 2 heterocycles. The lowest BCUT2D eigenvalue weighted by Crippen LogP contribution is -2.39. The zero-order valence-electron chi connectivity index (χ0n) is 8.73. The van der Waals surface area contributed by atoms with E-state index in [4.69, 9.17) is 11.6 Å². The zero-order chi connectivity index (χ0) is 11.2. The number of nitrogens with zero attached hydrogens (tertiary/aromatic N) is 3. The van der Waals surface area contributed by atoms with Crippen molar-refractivity contribution in [2.24, 2.45) is 0 Å². The van der Waals surface area contributed by atoms with E-state index in [9.17, 15) is 5.11 Å². The van der Waals surface area contributed by atoms with Crippen LogP contribution in [0.5, 0.6) is 0 Å². The minimum absolute atomic E-state index is 0.123. The van der Waals surface area contributed by atoms with Crippen molar-refractivity contribution in [1.29, 1.82) is 0 Å². The number of hydrogen-bond donors (Lipinski definition) is 1. The molecule has 1 aliphatic carbocycles. The molecule has 2 aromatic heterocycles. The maximum atomic E-state index is 9.45. The number of hydrogen-bond acceptors (Lipinski definition) is 3. The minimum atomic E-state index is -0.210. The summed E-state index contributed by atoms with van der Waals surface area (Å²) in [6, 6.07) is 3.56. The second-order valence-corrected chi connectivity index (χ2v) is 4.81. The molecule has 0 bridgehead atoms. The Balaban J connectivity index is 2.11. The highest BCUT2D eigenvalue weighted by Crippen LogP contribution is 2.41. The highest BCUT2D eigenvalue weighted by molar-refractivity contribution is 6.30. The second kappa shape index (κ2) is 3.43. The molecule has 1 aliphatic rings. The third kappa shape index (κ3) is 1.33. The number of aliphatic hydroxyl groups excluding tert-OH is 1. The third-order valence-electron chi connectivity index (χ3n) is 3.39. The van der Waals surface area contributed by atoms with Crippen molar-refractivity contribution in [3.63, 3.8) is 0 Å². The summed E-state index contributed by atoms with van der Waals surface area (Å²) in [5.74, 6) is 0.739. The van der Waals surface area contributed by atoms with Crippen LogP contribution in [0.4, 0.5) is 0 Å². The highest BCUT2D eigenvalue weighted by atomic mass is 35.5. The fourth-order valence-electron chi connectivity index (χ4n) is 2.14. The molecule has 0 spiro atoms. The van der Waals surface area contributed by atoms with Crippen molar-refractivity contribution in [3.8, 4) is 0 Å². The van der Waals surface area contributed by atoms with Gasteiger partial charge >= 0.3 is 0 Å². The first-order valence-electron chi connectivity index (χ1n) is 5.37. The van der Waals surface area contributed by atoms with Gasteiger partial charge in [0.05, 0.1) is 12.0 Å². The summed E-state index contributed by atoms with van der Waals surface area (Å²) in [7, 11) is 0. The van der Waals surface area contributed by atoms with Gasteiger partial charge in [0, 0.05) is 17.3 Å². The first kappa shape index (κ1) is 10.1. The summed E-state index contributed by atoms with van der Waals surface area (Å²) in [6.07, 6.45) is 4.86. The summed E-state index contributed by atoms with van der Waals surface area (Å²) in [4.78, 5) is 4.45. The first-order valence-corrected chi connectivity index (χ1v) is 5.75. The van der Waals surface area contributed by atoms with Crippen molar-refractivity contribution < 1.29 is 5.11 Å². The summed E-state index contributed by atoms with van der Waals surface area (Å²) in [5.41, 5.74) is 0.528. The quantitative estimate of drug-likeness (QED) is 0.867. The second-order valence-electron chi connectivity index (χ2n) is 4.38. The van der Waals surface area contributed by atoms with E-state index in [1.165, 1.54) is 0 Å². The van der Waals surface area contributed by atoms with E-state index in [1.807, 2.05) is 0 Å². The van der Waals surface area contributed by atoms with E-state index in [2.05, 4.69) is 10.1 Å². The molecular weight excluding hydrogens is 226 g/mol. The number of halogens is 1. The fraction of sp³-hybridized carbons (Fsp3) is 0.455. The van der Waals surface area contributed by atoms with Gasteiger partial charge in [0.2, 0.25) is 0 Å². The number of aliphatic hydroxyl groups is 1. The Morgan fingerprint density at radius 2 is 2.31 bits per heavy atom. The SMILES string of the molecule is OCC1(c2nc3cc(Cl)ccn3n2)CCC1. The molecule has 0 radical (unpaired) electrons. The molecular formula is C11H12ClN3O. The zero-order valence-corrected chi connectivity index (χ0v) is 9.48. The monoisotopic (exact) mass is 237 g/mol. The molecule has 84 valence electrons. The fourth-order valence-corrected chi connectivity index (χ4v) is 2.29. The van der Waals surface area contributed by atoms with Crippen molar-refractivity contribution in [2.75, 3.05) is 6.61 Å². The standard InChI is InChI=1S/C11H12ClN3O/c12-8-2-5-15-9(6-8)13-10(14-15)11(7-16)3-1-4-11/h2,5-6,16H,1,3-4,7H2. The van der Waals surface area contributed by atoms with Gasteiger partial charge in [-0.25, -0.2) is 9.50 Å². The Hall–Kier alpha value is -1.13. The van der Waals surface area contributed by atoms with Gasteiger partial charge in [-0.2, -0.15) is 5.10 Å². The van der Waals surface area contributed by atoms with Crippen LogP contribution < -0.4 is 0 Å². The summed E-state index contributed by atoms with van der Waals surface area (Å²) in [6.45, 7) is 0.123. The van der Waals surface area contributed by atoms with Crippen molar-refractivity contribution in [2.45, 2.75) is 24.7 Å². The van der Waals surface area contributed by atoms with Crippen molar-refractivity contribution in [1.82, 2.24) is 14.6 Å². The van der Waals surface area contributed by atoms with Gasteiger partial charge in [0.25, 0.3) is 0 Å². The molecule has 3 rings (SSSR count). The number of rotatable bonds is 2. The van der Waals surface area contributed by atoms with E-state index >= 15 is 0 Å². The molecule has 0 unspecified atom stereocenters. The Morgan fingerprint density at radius 3 is 2.94 bits per heavy atom. The van der Waals surface area contributed by atoms with Gasteiger partial charge in [-0.3, -0.25) is 0 Å². The van der Waals surface area contributed by atoms with E-state index in [1.54, 1.807) is 22.8 Å². The van der Waals surface area contributed by atoms with Crippen LogP contribution in [-0.4, -0.2) is 26.3 Å². The maximum Gasteiger partial charge on any atom is 0.160 e. The van der Waals surface area contributed by atoms with Gasteiger partial charge in [-0.05, 0) is 18.9 Å². The van der Waals surface area contributed by atoms with Crippen LogP contribution in [0.1, 0.15) is 25.1 Å². The molecule has 1 fully saturated rings. The van der Waals surface area contributed by atoms with Crippen LogP contribution in [0, 0.1) is 0 Å². The largest absolute Gasteiger partial charge is 0.395 e. The lowest BCUT2D eigenvalue weighted by atomic mass is 9.69. The number of aromatic nitrogens is 3. The van der Waals surface area contributed by atoms with E-state index in [0.29, 0.717) is 5.02 Å². The van der Waals surface area contributed by atoms with Crippen LogP contribution in [0.3, 0.4) is 0 Å². The number of fused-ring (bicyclic) bond motifs is 1. The maximum absolute atomic E-state index is 9.45. The van der Waals surface area contributed by atoms with Crippen LogP contribution in [0.2, 0.25) is 5.02 Å². The lowest BCUT2D eigenvalue weighted by Gasteiger charge is -2.37. The topological polar surface area (TPSA) is 50.4 Å².